The number of piperazine rings is 1. The van der Waals surface area contributed by atoms with Crippen LogP contribution in [0.25, 0.3) is 0 Å². The number of nitrogens with zero attached hydrogens (tertiary/aromatic N) is 2. The van der Waals surface area contributed by atoms with Gasteiger partial charge in [0.2, 0.25) is 0 Å². The summed E-state index contributed by atoms with van der Waals surface area (Å²) >= 11 is 4.88. The minimum absolute atomic E-state index is 0.0704. The first-order chi connectivity index (χ1) is 12.1. The van der Waals surface area contributed by atoms with E-state index in [2.05, 4.69) is 26.1 Å². The summed E-state index contributed by atoms with van der Waals surface area (Å²) in [6.45, 7) is 4.52. The molecule has 1 fully saturated rings. The maximum Gasteiger partial charge on any atom is 0.264 e. The number of thiophene rings is 1. The standard InChI is InChI=1S/C18H20BrN3O2S/c19-15-5-2-1-4-14(15)17(23)20-7-8-21-9-11-22(12-10-21)18(24)16-6-3-13-25-16/h1-6,13H,7-12H2,(H,20,23). The second-order valence-corrected chi connectivity index (χ2v) is 7.65. The van der Waals surface area contributed by atoms with Crippen molar-refractivity contribution in [1.29, 1.82) is 0 Å². The second-order valence-electron chi connectivity index (χ2n) is 5.85. The van der Waals surface area contributed by atoms with Gasteiger partial charge in [0.25, 0.3) is 11.8 Å². The van der Waals surface area contributed by atoms with Crippen LogP contribution in [0.4, 0.5) is 0 Å². The lowest BCUT2D eigenvalue weighted by Crippen LogP contribution is -2.50. The van der Waals surface area contributed by atoms with Crippen LogP contribution in [0.15, 0.2) is 46.3 Å². The quantitative estimate of drug-likeness (QED) is 0.807. The summed E-state index contributed by atoms with van der Waals surface area (Å²) in [5.41, 5.74) is 0.647. The topological polar surface area (TPSA) is 52.7 Å². The van der Waals surface area contributed by atoms with E-state index in [9.17, 15) is 9.59 Å². The van der Waals surface area contributed by atoms with Crippen LogP contribution in [0.5, 0.6) is 0 Å². The average Bonchev–Trinajstić information content (AvgIpc) is 3.16. The maximum atomic E-state index is 12.3. The molecular formula is C18H20BrN3O2S. The smallest absolute Gasteiger partial charge is 0.264 e. The maximum absolute atomic E-state index is 12.3. The molecule has 2 aromatic rings. The third-order valence-electron chi connectivity index (χ3n) is 4.22. The molecule has 0 bridgehead atoms. The first kappa shape index (κ1) is 18.1. The van der Waals surface area contributed by atoms with Gasteiger partial charge in [-0.15, -0.1) is 11.3 Å². The van der Waals surface area contributed by atoms with Gasteiger partial charge in [0.15, 0.2) is 0 Å². The Morgan fingerprint density at radius 1 is 1.08 bits per heavy atom. The Kier molecular flexibility index (Phi) is 6.23. The van der Waals surface area contributed by atoms with Crippen LogP contribution >= 0.6 is 27.3 Å². The van der Waals surface area contributed by atoms with Crippen LogP contribution in [0, 0.1) is 0 Å². The monoisotopic (exact) mass is 421 g/mol. The predicted molar refractivity (Wildman–Crippen MR) is 103 cm³/mol. The second kappa shape index (κ2) is 8.60. The molecule has 2 amide bonds. The van der Waals surface area contributed by atoms with E-state index in [1.807, 2.05) is 40.6 Å². The number of benzene rings is 1. The summed E-state index contributed by atoms with van der Waals surface area (Å²) in [6.07, 6.45) is 0. The molecule has 0 atom stereocenters. The molecule has 3 rings (SSSR count). The molecule has 2 heterocycles. The Hall–Kier alpha value is -1.70. The summed E-state index contributed by atoms with van der Waals surface area (Å²) in [4.78, 5) is 29.5. The SMILES string of the molecule is O=C(NCCN1CCN(C(=O)c2cccs2)CC1)c1ccccc1Br. The highest BCUT2D eigenvalue weighted by Crippen LogP contribution is 2.16. The Morgan fingerprint density at radius 2 is 1.84 bits per heavy atom. The van der Waals surface area contributed by atoms with Crippen LogP contribution < -0.4 is 5.32 Å². The van der Waals surface area contributed by atoms with E-state index in [1.165, 1.54) is 11.3 Å². The van der Waals surface area contributed by atoms with E-state index in [-0.39, 0.29) is 11.8 Å². The Labute approximate surface area is 159 Å². The third kappa shape index (κ3) is 4.68. The van der Waals surface area contributed by atoms with Crippen molar-refractivity contribution in [3.63, 3.8) is 0 Å². The molecule has 1 aromatic heterocycles. The molecule has 1 aliphatic rings. The summed E-state index contributed by atoms with van der Waals surface area (Å²) < 4.78 is 0.799. The molecule has 132 valence electrons. The lowest BCUT2D eigenvalue weighted by atomic mass is 10.2. The van der Waals surface area contributed by atoms with Crippen molar-refractivity contribution in [2.24, 2.45) is 0 Å². The number of hydrogen-bond donors (Lipinski definition) is 1. The fourth-order valence-corrected chi connectivity index (χ4v) is 3.95. The molecule has 1 N–H and O–H groups in total. The van der Waals surface area contributed by atoms with E-state index in [0.29, 0.717) is 12.1 Å². The average molecular weight is 422 g/mol. The first-order valence-electron chi connectivity index (χ1n) is 8.23. The lowest BCUT2D eigenvalue weighted by molar-refractivity contribution is 0.0643. The zero-order valence-electron chi connectivity index (χ0n) is 13.8. The zero-order valence-corrected chi connectivity index (χ0v) is 16.2. The Balaban J connectivity index is 1.40. The van der Waals surface area contributed by atoms with Gasteiger partial charge in [-0.25, -0.2) is 0 Å². The minimum Gasteiger partial charge on any atom is -0.351 e. The van der Waals surface area contributed by atoms with Crippen molar-refractivity contribution in [3.05, 3.63) is 56.7 Å². The molecular weight excluding hydrogens is 402 g/mol. The van der Waals surface area contributed by atoms with E-state index in [0.717, 1.165) is 42.1 Å². The predicted octanol–water partition coefficient (Wildman–Crippen LogP) is 2.70. The molecule has 0 unspecified atom stereocenters. The van der Waals surface area contributed by atoms with Crippen molar-refractivity contribution in [3.8, 4) is 0 Å². The third-order valence-corrected chi connectivity index (χ3v) is 5.77. The van der Waals surface area contributed by atoms with Gasteiger partial charge in [0.1, 0.15) is 0 Å². The molecule has 1 aliphatic heterocycles. The number of rotatable bonds is 5. The number of carbonyl (C=O) groups excluding carboxylic acids is 2. The molecule has 5 nitrogen and oxygen atoms in total. The zero-order chi connectivity index (χ0) is 17.6. The van der Waals surface area contributed by atoms with Gasteiger partial charge in [-0.2, -0.15) is 0 Å². The van der Waals surface area contributed by atoms with Gasteiger partial charge in [-0.3, -0.25) is 14.5 Å². The van der Waals surface area contributed by atoms with Gasteiger partial charge in [-0.1, -0.05) is 18.2 Å². The molecule has 7 heteroatoms. The molecule has 1 aromatic carbocycles. The van der Waals surface area contributed by atoms with Gasteiger partial charge < -0.3 is 10.2 Å². The fraction of sp³-hybridized carbons (Fsp3) is 0.333. The largest absolute Gasteiger partial charge is 0.351 e. The van der Waals surface area contributed by atoms with Crippen molar-refractivity contribution < 1.29 is 9.59 Å². The van der Waals surface area contributed by atoms with E-state index in [1.54, 1.807) is 6.07 Å². The number of hydrogen-bond acceptors (Lipinski definition) is 4. The highest BCUT2D eigenvalue weighted by Gasteiger charge is 2.22. The number of halogens is 1. The summed E-state index contributed by atoms with van der Waals surface area (Å²) in [6, 6.07) is 11.2. The minimum atomic E-state index is -0.0704. The molecule has 0 radical (unpaired) electrons. The van der Waals surface area contributed by atoms with Gasteiger partial charge >= 0.3 is 0 Å². The molecule has 1 saturated heterocycles. The van der Waals surface area contributed by atoms with Gasteiger partial charge in [-0.05, 0) is 39.5 Å². The fourth-order valence-electron chi connectivity index (χ4n) is 2.80. The normalized spacial score (nSPS) is 15.2. The van der Waals surface area contributed by atoms with Crippen LogP contribution in [0.1, 0.15) is 20.0 Å². The summed E-state index contributed by atoms with van der Waals surface area (Å²) in [5, 5.41) is 4.88. The van der Waals surface area contributed by atoms with Crippen molar-refractivity contribution in [2.45, 2.75) is 0 Å². The molecule has 25 heavy (non-hydrogen) atoms. The van der Waals surface area contributed by atoms with Crippen LogP contribution in [-0.4, -0.2) is 60.9 Å². The molecule has 0 spiro atoms. The summed E-state index contributed by atoms with van der Waals surface area (Å²) in [5.74, 6) is 0.0517. The van der Waals surface area contributed by atoms with E-state index in [4.69, 9.17) is 0 Å². The molecule has 0 aliphatic carbocycles. The van der Waals surface area contributed by atoms with Crippen molar-refractivity contribution in [1.82, 2.24) is 15.1 Å². The van der Waals surface area contributed by atoms with Crippen molar-refractivity contribution >= 4 is 39.1 Å². The van der Waals surface area contributed by atoms with Crippen LogP contribution in [0.2, 0.25) is 0 Å². The Morgan fingerprint density at radius 3 is 2.52 bits per heavy atom. The van der Waals surface area contributed by atoms with Gasteiger partial charge in [0, 0.05) is 43.7 Å². The first-order valence-corrected chi connectivity index (χ1v) is 9.90. The number of amides is 2. The lowest BCUT2D eigenvalue weighted by Gasteiger charge is -2.34. The van der Waals surface area contributed by atoms with Crippen LogP contribution in [0.3, 0.4) is 0 Å². The van der Waals surface area contributed by atoms with Crippen molar-refractivity contribution in [2.75, 3.05) is 39.3 Å². The summed E-state index contributed by atoms with van der Waals surface area (Å²) in [7, 11) is 0. The number of carbonyl (C=O) groups is 2. The van der Waals surface area contributed by atoms with Gasteiger partial charge in [0.05, 0.1) is 10.4 Å². The number of nitrogens with one attached hydrogen (secondary N) is 1. The highest BCUT2D eigenvalue weighted by atomic mass is 79.9. The molecule has 0 saturated carbocycles. The van der Waals surface area contributed by atoms with Crippen LogP contribution in [-0.2, 0) is 0 Å². The van der Waals surface area contributed by atoms with E-state index < -0.39 is 0 Å². The Bertz CT molecular complexity index is 728. The highest BCUT2D eigenvalue weighted by molar-refractivity contribution is 9.10. The van der Waals surface area contributed by atoms with E-state index >= 15 is 0 Å².